The fraction of sp³-hybridized carbons (Fsp3) is 0.167. The van der Waals surface area contributed by atoms with Crippen molar-refractivity contribution in [3.8, 4) is 11.5 Å². The third kappa shape index (κ3) is 3.36. The number of azo groups is 1. The molecule has 0 amide bonds. The molecule has 0 bridgehead atoms. The van der Waals surface area contributed by atoms with Crippen molar-refractivity contribution in [3.63, 3.8) is 0 Å². The highest BCUT2D eigenvalue weighted by Crippen LogP contribution is 2.35. The van der Waals surface area contributed by atoms with Crippen LogP contribution in [-0.4, -0.2) is 31.4 Å². The Morgan fingerprint density at radius 3 is 2.58 bits per heavy atom. The SMILES string of the molecule is CCS(=O)(=O)c1ccc(N=Nc2ccc(O)c3ncccc23)c(OC)c1. The van der Waals surface area contributed by atoms with E-state index in [2.05, 4.69) is 15.2 Å². The number of nitrogens with zero attached hydrogens (tertiary/aromatic N) is 3. The van der Waals surface area contributed by atoms with Gasteiger partial charge in [0, 0.05) is 17.6 Å². The van der Waals surface area contributed by atoms with Crippen LogP contribution in [0.2, 0.25) is 0 Å². The lowest BCUT2D eigenvalue weighted by Crippen LogP contribution is -2.03. The van der Waals surface area contributed by atoms with E-state index >= 15 is 0 Å². The summed E-state index contributed by atoms with van der Waals surface area (Å²) in [6.45, 7) is 1.58. The average molecular weight is 371 g/mol. The minimum atomic E-state index is -3.34. The predicted octanol–water partition coefficient (Wildman–Crippen LogP) is 4.16. The lowest BCUT2D eigenvalue weighted by molar-refractivity contribution is 0.414. The van der Waals surface area contributed by atoms with Crippen LogP contribution in [0.25, 0.3) is 10.9 Å². The van der Waals surface area contributed by atoms with Crippen LogP contribution in [0.3, 0.4) is 0 Å². The zero-order valence-corrected chi connectivity index (χ0v) is 15.1. The number of ether oxygens (including phenoxy) is 1. The molecule has 8 heteroatoms. The number of methoxy groups -OCH3 is 1. The molecule has 0 aliphatic heterocycles. The molecule has 0 saturated heterocycles. The summed E-state index contributed by atoms with van der Waals surface area (Å²) in [7, 11) is -1.90. The van der Waals surface area contributed by atoms with Gasteiger partial charge in [0.05, 0.1) is 23.4 Å². The van der Waals surface area contributed by atoms with Gasteiger partial charge in [-0.25, -0.2) is 8.42 Å². The first-order valence-electron chi connectivity index (χ1n) is 7.85. The number of sulfone groups is 1. The zero-order chi connectivity index (χ0) is 18.7. The molecule has 134 valence electrons. The second-order valence-electron chi connectivity index (χ2n) is 5.44. The Hall–Kier alpha value is -3.00. The van der Waals surface area contributed by atoms with Crippen molar-refractivity contribution in [2.75, 3.05) is 12.9 Å². The van der Waals surface area contributed by atoms with Gasteiger partial charge in [-0.15, -0.1) is 10.2 Å². The van der Waals surface area contributed by atoms with E-state index in [4.69, 9.17) is 4.74 Å². The molecule has 1 heterocycles. The maximum atomic E-state index is 12.0. The first kappa shape index (κ1) is 17.8. The van der Waals surface area contributed by atoms with Gasteiger partial charge < -0.3 is 9.84 Å². The van der Waals surface area contributed by atoms with Crippen LogP contribution in [0.1, 0.15) is 6.92 Å². The Bertz CT molecular complexity index is 1090. The van der Waals surface area contributed by atoms with E-state index in [9.17, 15) is 13.5 Å². The Kier molecular flexibility index (Phi) is 4.85. The van der Waals surface area contributed by atoms with Gasteiger partial charge in [-0.1, -0.05) is 6.92 Å². The maximum Gasteiger partial charge on any atom is 0.178 e. The van der Waals surface area contributed by atoms with Crippen LogP contribution >= 0.6 is 0 Å². The minimum absolute atomic E-state index is 0.00349. The number of benzene rings is 2. The minimum Gasteiger partial charge on any atom is -0.506 e. The van der Waals surface area contributed by atoms with E-state index in [1.54, 1.807) is 37.4 Å². The first-order chi connectivity index (χ1) is 12.5. The number of hydrogen-bond acceptors (Lipinski definition) is 7. The predicted molar refractivity (Wildman–Crippen MR) is 98.3 cm³/mol. The Labute approximate surface area is 150 Å². The summed E-state index contributed by atoms with van der Waals surface area (Å²) in [5.74, 6) is 0.375. The molecule has 1 aromatic heterocycles. The largest absolute Gasteiger partial charge is 0.506 e. The third-order valence-electron chi connectivity index (χ3n) is 3.88. The van der Waals surface area contributed by atoms with Crippen molar-refractivity contribution in [2.45, 2.75) is 11.8 Å². The monoisotopic (exact) mass is 371 g/mol. The van der Waals surface area contributed by atoms with Crippen molar-refractivity contribution in [2.24, 2.45) is 10.2 Å². The molecule has 7 nitrogen and oxygen atoms in total. The van der Waals surface area contributed by atoms with Gasteiger partial charge in [-0.3, -0.25) is 4.98 Å². The highest BCUT2D eigenvalue weighted by atomic mass is 32.2. The van der Waals surface area contributed by atoms with E-state index in [-0.39, 0.29) is 16.4 Å². The van der Waals surface area contributed by atoms with Gasteiger partial charge in [-0.05, 0) is 36.4 Å². The van der Waals surface area contributed by atoms with Crippen LogP contribution in [-0.2, 0) is 9.84 Å². The van der Waals surface area contributed by atoms with Gasteiger partial charge >= 0.3 is 0 Å². The van der Waals surface area contributed by atoms with Gasteiger partial charge in [0.15, 0.2) is 9.84 Å². The molecule has 0 radical (unpaired) electrons. The summed E-state index contributed by atoms with van der Waals surface area (Å²) in [6.07, 6.45) is 1.58. The number of rotatable bonds is 5. The molecule has 3 rings (SSSR count). The molecule has 1 N–H and O–H groups in total. The van der Waals surface area contributed by atoms with E-state index < -0.39 is 9.84 Å². The van der Waals surface area contributed by atoms with Crippen molar-refractivity contribution >= 4 is 32.1 Å². The van der Waals surface area contributed by atoms with Crippen LogP contribution in [0.4, 0.5) is 11.4 Å². The second-order valence-corrected chi connectivity index (χ2v) is 7.72. The fourth-order valence-corrected chi connectivity index (χ4v) is 3.33. The summed E-state index contributed by atoms with van der Waals surface area (Å²) >= 11 is 0. The summed E-state index contributed by atoms with van der Waals surface area (Å²) in [5, 5.41) is 18.9. The van der Waals surface area contributed by atoms with Crippen LogP contribution in [0.15, 0.2) is 63.8 Å². The molecular formula is C18H17N3O4S. The Morgan fingerprint density at radius 2 is 1.85 bits per heavy atom. The van der Waals surface area contributed by atoms with Gasteiger partial charge in [0.1, 0.15) is 22.7 Å². The molecule has 0 fully saturated rings. The molecule has 3 aromatic rings. The molecule has 26 heavy (non-hydrogen) atoms. The molecule has 0 spiro atoms. The van der Waals surface area contributed by atoms with E-state index in [0.717, 1.165) is 0 Å². The maximum absolute atomic E-state index is 12.0. The molecule has 0 atom stereocenters. The molecule has 0 unspecified atom stereocenters. The summed E-state index contributed by atoms with van der Waals surface area (Å²) in [6, 6.07) is 11.1. The molecule has 0 aliphatic rings. The quantitative estimate of drug-likeness (QED) is 0.679. The number of aromatic hydroxyl groups is 1. The van der Waals surface area contributed by atoms with Gasteiger partial charge in [-0.2, -0.15) is 0 Å². The molecule has 2 aromatic carbocycles. The van der Waals surface area contributed by atoms with E-state index in [1.165, 1.54) is 25.3 Å². The summed E-state index contributed by atoms with van der Waals surface area (Å²) in [4.78, 5) is 4.31. The number of pyridine rings is 1. The van der Waals surface area contributed by atoms with Crippen LogP contribution in [0.5, 0.6) is 11.5 Å². The highest BCUT2D eigenvalue weighted by Gasteiger charge is 2.14. The second kappa shape index (κ2) is 7.09. The molecular weight excluding hydrogens is 354 g/mol. The number of phenols is 1. The zero-order valence-electron chi connectivity index (χ0n) is 14.2. The number of aromatic nitrogens is 1. The van der Waals surface area contributed by atoms with Crippen molar-refractivity contribution in [3.05, 3.63) is 48.7 Å². The van der Waals surface area contributed by atoms with Gasteiger partial charge in [0.2, 0.25) is 0 Å². The van der Waals surface area contributed by atoms with E-state index in [0.29, 0.717) is 28.0 Å². The molecule has 0 aliphatic carbocycles. The standard InChI is InChI=1S/C18H17N3O4S/c1-3-26(23,24)12-6-7-15(17(11-12)25-2)21-20-14-8-9-16(22)18-13(14)5-4-10-19-18/h4-11,22H,3H2,1-2H3. The third-order valence-corrected chi connectivity index (χ3v) is 5.61. The average Bonchev–Trinajstić information content (AvgIpc) is 2.67. The smallest absolute Gasteiger partial charge is 0.178 e. The van der Waals surface area contributed by atoms with Crippen molar-refractivity contribution < 1.29 is 18.3 Å². The van der Waals surface area contributed by atoms with Crippen molar-refractivity contribution in [1.82, 2.24) is 4.98 Å². The lowest BCUT2D eigenvalue weighted by Gasteiger charge is -2.07. The number of hydrogen-bond donors (Lipinski definition) is 1. The van der Waals surface area contributed by atoms with Gasteiger partial charge in [0.25, 0.3) is 0 Å². The number of fused-ring (bicyclic) bond motifs is 1. The van der Waals surface area contributed by atoms with Crippen LogP contribution < -0.4 is 4.74 Å². The Balaban J connectivity index is 2.03. The lowest BCUT2D eigenvalue weighted by atomic mass is 10.2. The molecule has 0 saturated carbocycles. The fourth-order valence-electron chi connectivity index (χ4n) is 2.44. The summed E-state index contributed by atoms with van der Waals surface area (Å²) in [5.41, 5.74) is 1.35. The highest BCUT2D eigenvalue weighted by molar-refractivity contribution is 7.91. The summed E-state index contributed by atoms with van der Waals surface area (Å²) < 4.78 is 29.2. The number of phenolic OH excluding ortho intramolecular Hbond substituents is 1. The van der Waals surface area contributed by atoms with Crippen LogP contribution in [0, 0.1) is 0 Å². The normalized spacial score (nSPS) is 11.9. The topological polar surface area (TPSA) is 101 Å². The first-order valence-corrected chi connectivity index (χ1v) is 9.50. The van der Waals surface area contributed by atoms with Crippen molar-refractivity contribution in [1.29, 1.82) is 0 Å². The van der Waals surface area contributed by atoms with E-state index in [1.807, 2.05) is 0 Å². The Morgan fingerprint density at radius 1 is 1.12 bits per heavy atom.